The lowest BCUT2D eigenvalue weighted by atomic mass is 10.1. The van der Waals surface area contributed by atoms with Gasteiger partial charge in [-0.05, 0) is 48.7 Å². The van der Waals surface area contributed by atoms with E-state index < -0.39 is 22.0 Å². The Morgan fingerprint density at radius 3 is 2.52 bits per heavy atom. The normalized spacial score (nSPS) is 12.9. The Labute approximate surface area is 185 Å². The number of sulfonamides is 1. The number of nitrogens with one attached hydrogen (secondary N) is 2. The van der Waals surface area contributed by atoms with Crippen LogP contribution in [-0.2, 0) is 26.1 Å². The Balaban J connectivity index is 1.60. The SMILES string of the molecule is CC(C)[C@H](NS(=O)(=O)c1ccc(Cl)cc1)C(=O)OCCCn1c(=O)[nH]c2ccccc21. The molecule has 2 N–H and O–H groups in total. The number of carbonyl (C=O) groups excluding carboxylic acids is 1. The molecule has 10 heteroatoms. The summed E-state index contributed by atoms with van der Waals surface area (Å²) in [5.74, 6) is -0.996. The third kappa shape index (κ3) is 5.55. The van der Waals surface area contributed by atoms with Crippen LogP contribution in [0.3, 0.4) is 0 Å². The summed E-state index contributed by atoms with van der Waals surface area (Å²) >= 11 is 5.81. The van der Waals surface area contributed by atoms with Gasteiger partial charge < -0.3 is 9.72 Å². The van der Waals surface area contributed by atoms with Gasteiger partial charge in [0.2, 0.25) is 10.0 Å². The summed E-state index contributed by atoms with van der Waals surface area (Å²) in [4.78, 5) is 27.4. The summed E-state index contributed by atoms with van der Waals surface area (Å²) in [6.45, 7) is 3.86. The van der Waals surface area contributed by atoms with E-state index in [0.29, 0.717) is 18.0 Å². The number of hydrogen-bond donors (Lipinski definition) is 2. The highest BCUT2D eigenvalue weighted by Gasteiger charge is 2.29. The molecule has 0 fully saturated rings. The van der Waals surface area contributed by atoms with Crippen molar-refractivity contribution in [2.75, 3.05) is 6.61 Å². The highest BCUT2D eigenvalue weighted by molar-refractivity contribution is 7.89. The van der Waals surface area contributed by atoms with Crippen LogP contribution in [0.2, 0.25) is 5.02 Å². The number of aromatic amines is 1. The van der Waals surface area contributed by atoms with Crippen molar-refractivity contribution in [2.24, 2.45) is 5.92 Å². The lowest BCUT2D eigenvalue weighted by Crippen LogP contribution is -2.45. The number of hydrogen-bond acceptors (Lipinski definition) is 5. The van der Waals surface area contributed by atoms with Crippen molar-refractivity contribution in [3.63, 3.8) is 0 Å². The number of aryl methyl sites for hydroxylation is 1. The van der Waals surface area contributed by atoms with E-state index in [2.05, 4.69) is 9.71 Å². The average molecular weight is 466 g/mol. The van der Waals surface area contributed by atoms with Gasteiger partial charge in [-0.1, -0.05) is 37.6 Å². The minimum absolute atomic E-state index is 0.00839. The second-order valence-electron chi connectivity index (χ2n) is 7.42. The van der Waals surface area contributed by atoms with E-state index in [0.717, 1.165) is 11.0 Å². The summed E-state index contributed by atoms with van der Waals surface area (Å²) in [6.07, 6.45) is 0.405. The van der Waals surface area contributed by atoms with Crippen LogP contribution in [0.4, 0.5) is 0 Å². The van der Waals surface area contributed by atoms with Gasteiger partial charge in [0.25, 0.3) is 0 Å². The third-order valence-electron chi connectivity index (χ3n) is 4.78. The number of para-hydroxylation sites is 2. The van der Waals surface area contributed by atoms with Crippen LogP contribution in [0.25, 0.3) is 11.0 Å². The Bertz CT molecular complexity index is 1220. The van der Waals surface area contributed by atoms with E-state index in [1.807, 2.05) is 24.3 Å². The van der Waals surface area contributed by atoms with Gasteiger partial charge in [-0.25, -0.2) is 13.2 Å². The maximum absolute atomic E-state index is 12.6. The first-order valence-electron chi connectivity index (χ1n) is 9.81. The third-order valence-corrected chi connectivity index (χ3v) is 6.49. The van der Waals surface area contributed by atoms with Crippen LogP contribution in [0.5, 0.6) is 0 Å². The molecule has 3 aromatic rings. The van der Waals surface area contributed by atoms with Crippen LogP contribution in [0.1, 0.15) is 20.3 Å². The van der Waals surface area contributed by atoms with E-state index in [4.69, 9.17) is 16.3 Å². The number of aromatic nitrogens is 2. The van der Waals surface area contributed by atoms with E-state index in [-0.39, 0.29) is 23.1 Å². The molecule has 0 radical (unpaired) electrons. The maximum atomic E-state index is 12.6. The average Bonchev–Trinajstić information content (AvgIpc) is 3.04. The van der Waals surface area contributed by atoms with Crippen LogP contribution in [0, 0.1) is 5.92 Å². The molecule has 0 spiro atoms. The molecule has 166 valence electrons. The number of carbonyl (C=O) groups is 1. The summed E-state index contributed by atoms with van der Waals surface area (Å²) in [5.41, 5.74) is 1.28. The predicted molar refractivity (Wildman–Crippen MR) is 119 cm³/mol. The quantitative estimate of drug-likeness (QED) is 0.373. The Kier molecular flexibility index (Phi) is 7.19. The second-order valence-corrected chi connectivity index (χ2v) is 9.57. The van der Waals surface area contributed by atoms with E-state index >= 15 is 0 Å². The highest BCUT2D eigenvalue weighted by atomic mass is 35.5. The molecule has 0 bridgehead atoms. The topological polar surface area (TPSA) is 110 Å². The van der Waals surface area contributed by atoms with Crippen molar-refractivity contribution in [3.05, 3.63) is 64.0 Å². The number of esters is 1. The van der Waals surface area contributed by atoms with Crippen molar-refractivity contribution < 1.29 is 17.9 Å². The zero-order valence-corrected chi connectivity index (χ0v) is 18.7. The number of imidazole rings is 1. The monoisotopic (exact) mass is 465 g/mol. The van der Waals surface area contributed by atoms with Crippen LogP contribution in [0.15, 0.2) is 58.2 Å². The van der Waals surface area contributed by atoms with Gasteiger partial charge in [0.15, 0.2) is 0 Å². The van der Waals surface area contributed by atoms with Gasteiger partial charge in [0.1, 0.15) is 6.04 Å². The largest absolute Gasteiger partial charge is 0.464 e. The van der Waals surface area contributed by atoms with Gasteiger partial charge in [0, 0.05) is 11.6 Å². The Morgan fingerprint density at radius 2 is 1.84 bits per heavy atom. The molecule has 0 saturated heterocycles. The van der Waals surface area contributed by atoms with E-state index in [1.54, 1.807) is 18.4 Å². The number of benzene rings is 2. The zero-order chi connectivity index (χ0) is 22.6. The fourth-order valence-corrected chi connectivity index (χ4v) is 4.58. The summed E-state index contributed by atoms with van der Waals surface area (Å²) in [7, 11) is -3.92. The molecule has 0 aliphatic rings. The first-order valence-corrected chi connectivity index (χ1v) is 11.7. The molecule has 0 amide bonds. The number of halogens is 1. The first kappa shape index (κ1) is 23.1. The van der Waals surface area contributed by atoms with Crippen molar-refractivity contribution in [3.8, 4) is 0 Å². The van der Waals surface area contributed by atoms with Gasteiger partial charge in [-0.2, -0.15) is 4.72 Å². The highest BCUT2D eigenvalue weighted by Crippen LogP contribution is 2.16. The zero-order valence-electron chi connectivity index (χ0n) is 17.2. The molecule has 0 aliphatic heterocycles. The van der Waals surface area contributed by atoms with E-state index in [1.165, 1.54) is 24.3 Å². The number of fused-ring (bicyclic) bond motifs is 1. The van der Waals surface area contributed by atoms with Crippen LogP contribution in [-0.4, -0.2) is 36.6 Å². The minimum atomic E-state index is -3.92. The fraction of sp³-hybridized carbons (Fsp3) is 0.333. The molecule has 1 heterocycles. The molecule has 31 heavy (non-hydrogen) atoms. The Morgan fingerprint density at radius 1 is 1.16 bits per heavy atom. The van der Waals surface area contributed by atoms with Gasteiger partial charge in [0.05, 0.1) is 22.5 Å². The predicted octanol–water partition coefficient (Wildman–Crippen LogP) is 2.92. The second kappa shape index (κ2) is 9.67. The van der Waals surface area contributed by atoms with Crippen LogP contribution >= 0.6 is 11.6 Å². The number of ether oxygens (including phenoxy) is 1. The lowest BCUT2D eigenvalue weighted by Gasteiger charge is -2.21. The molecule has 2 aromatic carbocycles. The van der Waals surface area contributed by atoms with Gasteiger partial charge in [-0.15, -0.1) is 0 Å². The number of rotatable bonds is 9. The van der Waals surface area contributed by atoms with Gasteiger partial charge in [-0.3, -0.25) is 9.36 Å². The molecule has 0 aliphatic carbocycles. The van der Waals surface area contributed by atoms with Crippen molar-refractivity contribution in [2.45, 2.75) is 37.8 Å². The molecule has 0 unspecified atom stereocenters. The molecule has 8 nitrogen and oxygen atoms in total. The standard InChI is InChI=1S/C21H24ClN3O5S/c1-14(2)19(24-31(28,29)16-10-8-15(22)9-11-16)20(26)30-13-5-12-25-18-7-4-3-6-17(18)23-21(25)27/h3-4,6-11,14,19,24H,5,12-13H2,1-2H3,(H,23,27)/t19-/m0/s1. The van der Waals surface area contributed by atoms with Gasteiger partial charge >= 0.3 is 11.7 Å². The molecule has 1 aromatic heterocycles. The summed E-state index contributed by atoms with van der Waals surface area (Å²) in [6, 6.07) is 11.9. The van der Waals surface area contributed by atoms with Crippen molar-refractivity contribution in [1.82, 2.24) is 14.3 Å². The Hall–Kier alpha value is -2.62. The van der Waals surface area contributed by atoms with Crippen molar-refractivity contribution >= 4 is 38.6 Å². The number of nitrogens with zero attached hydrogens (tertiary/aromatic N) is 1. The molecular weight excluding hydrogens is 442 g/mol. The summed E-state index contributed by atoms with van der Waals surface area (Å²) in [5, 5.41) is 0.410. The molecular formula is C21H24ClN3O5S. The van der Waals surface area contributed by atoms with Crippen molar-refractivity contribution in [1.29, 1.82) is 0 Å². The molecule has 1 atom stereocenters. The minimum Gasteiger partial charge on any atom is -0.464 e. The number of H-pyrrole nitrogens is 1. The van der Waals surface area contributed by atoms with Crippen LogP contribution < -0.4 is 10.4 Å². The smallest absolute Gasteiger partial charge is 0.326 e. The van der Waals surface area contributed by atoms with E-state index in [9.17, 15) is 18.0 Å². The lowest BCUT2D eigenvalue weighted by molar-refractivity contribution is -0.147. The molecule has 3 rings (SSSR count). The first-order chi connectivity index (χ1) is 14.7. The maximum Gasteiger partial charge on any atom is 0.326 e. The fourth-order valence-electron chi connectivity index (χ4n) is 3.12. The molecule has 0 saturated carbocycles. The summed E-state index contributed by atoms with van der Waals surface area (Å²) < 4.78 is 34.5.